The smallest absolute Gasteiger partial charge is 0.142 e. The van der Waals surface area contributed by atoms with Crippen molar-refractivity contribution in [3.8, 4) is 11.5 Å². The van der Waals surface area contributed by atoms with Crippen molar-refractivity contribution in [1.82, 2.24) is 5.01 Å². The van der Waals surface area contributed by atoms with E-state index in [1.165, 1.54) is 0 Å². The third-order valence-corrected chi connectivity index (χ3v) is 4.52. The number of anilines is 1. The Morgan fingerprint density at radius 1 is 1.12 bits per heavy atom. The van der Waals surface area contributed by atoms with Gasteiger partial charge in [0.05, 0.1) is 32.1 Å². The molecule has 24 heavy (non-hydrogen) atoms. The van der Waals surface area contributed by atoms with Crippen molar-refractivity contribution in [2.45, 2.75) is 0 Å². The van der Waals surface area contributed by atoms with Crippen molar-refractivity contribution in [3.05, 3.63) is 52.5 Å². The molecule has 0 aliphatic carbocycles. The molecule has 1 saturated heterocycles. The van der Waals surface area contributed by atoms with Gasteiger partial charge in [-0.1, -0.05) is 28.1 Å². The molecule has 0 saturated carbocycles. The van der Waals surface area contributed by atoms with Crippen LogP contribution in [0.3, 0.4) is 0 Å². The molecule has 0 bridgehead atoms. The molecule has 2 aromatic carbocycles. The Morgan fingerprint density at radius 2 is 1.88 bits per heavy atom. The maximum absolute atomic E-state index is 9.86. The molecule has 0 atom stereocenters. The molecule has 2 aromatic rings. The summed E-state index contributed by atoms with van der Waals surface area (Å²) < 4.78 is 6.36. The summed E-state index contributed by atoms with van der Waals surface area (Å²) in [5.74, 6) is 1.13. The minimum atomic E-state index is 0.231. The topological polar surface area (TPSA) is 48.3 Å². The number of aromatic hydroxyl groups is 1. The van der Waals surface area contributed by atoms with Crippen LogP contribution in [0.5, 0.6) is 11.5 Å². The highest BCUT2D eigenvalue weighted by atomic mass is 79.9. The number of halogens is 1. The van der Waals surface area contributed by atoms with Gasteiger partial charge in [-0.25, -0.2) is 0 Å². The van der Waals surface area contributed by atoms with Crippen LogP contribution < -0.4 is 9.64 Å². The standard InChI is InChI=1S/C18H20BrN3O2/c1-24-18-5-3-2-4-16(18)21-8-10-22(11-9-21)20-13-14-12-15(19)6-7-17(14)23/h2-7,12-13,23H,8-11H2,1H3/b20-13-. The van der Waals surface area contributed by atoms with Gasteiger partial charge in [0.25, 0.3) is 0 Å². The van der Waals surface area contributed by atoms with Gasteiger partial charge in [0.1, 0.15) is 11.5 Å². The van der Waals surface area contributed by atoms with Crippen molar-refractivity contribution >= 4 is 27.8 Å². The summed E-state index contributed by atoms with van der Waals surface area (Å²) in [6, 6.07) is 13.4. The minimum absolute atomic E-state index is 0.231. The van der Waals surface area contributed by atoms with E-state index in [0.29, 0.717) is 5.56 Å². The molecule has 0 spiro atoms. The van der Waals surface area contributed by atoms with Crippen LogP contribution in [0.2, 0.25) is 0 Å². The number of para-hydroxylation sites is 2. The number of phenols is 1. The zero-order valence-corrected chi connectivity index (χ0v) is 15.1. The minimum Gasteiger partial charge on any atom is -0.507 e. The Kier molecular flexibility index (Phi) is 5.25. The van der Waals surface area contributed by atoms with Gasteiger partial charge in [-0.05, 0) is 30.3 Å². The second-order valence-electron chi connectivity index (χ2n) is 5.56. The molecular weight excluding hydrogens is 370 g/mol. The van der Waals surface area contributed by atoms with Gasteiger partial charge in [0.2, 0.25) is 0 Å². The first kappa shape index (κ1) is 16.6. The van der Waals surface area contributed by atoms with Gasteiger partial charge in [-0.2, -0.15) is 5.10 Å². The predicted molar refractivity (Wildman–Crippen MR) is 100 cm³/mol. The first-order valence-electron chi connectivity index (χ1n) is 7.83. The molecule has 5 nitrogen and oxygen atoms in total. The molecule has 0 radical (unpaired) electrons. The van der Waals surface area contributed by atoms with Crippen molar-refractivity contribution in [2.75, 3.05) is 38.2 Å². The van der Waals surface area contributed by atoms with Crippen LogP contribution in [0.1, 0.15) is 5.56 Å². The number of rotatable bonds is 4. The predicted octanol–water partition coefficient (Wildman–Crippen LogP) is 3.32. The summed E-state index contributed by atoms with van der Waals surface area (Å²) in [5.41, 5.74) is 1.82. The van der Waals surface area contributed by atoms with Gasteiger partial charge in [-0.3, -0.25) is 5.01 Å². The molecule has 1 fully saturated rings. The van der Waals surface area contributed by atoms with Crippen LogP contribution in [-0.4, -0.2) is 49.6 Å². The average molecular weight is 390 g/mol. The number of methoxy groups -OCH3 is 1. The van der Waals surface area contributed by atoms with Gasteiger partial charge >= 0.3 is 0 Å². The Hall–Kier alpha value is -2.21. The summed E-state index contributed by atoms with van der Waals surface area (Å²) >= 11 is 3.40. The first-order chi connectivity index (χ1) is 11.7. The fourth-order valence-electron chi connectivity index (χ4n) is 2.72. The lowest BCUT2D eigenvalue weighted by Crippen LogP contribution is -2.44. The van der Waals surface area contributed by atoms with Gasteiger partial charge in [0.15, 0.2) is 0 Å². The Bertz CT molecular complexity index is 728. The summed E-state index contributed by atoms with van der Waals surface area (Å²) in [7, 11) is 1.70. The second kappa shape index (κ2) is 7.57. The van der Waals surface area contributed by atoms with Crippen LogP contribution >= 0.6 is 15.9 Å². The van der Waals surface area contributed by atoms with E-state index in [-0.39, 0.29) is 5.75 Å². The lowest BCUT2D eigenvalue weighted by atomic mass is 10.2. The second-order valence-corrected chi connectivity index (χ2v) is 6.48. The maximum atomic E-state index is 9.86. The number of benzene rings is 2. The van der Waals surface area contributed by atoms with Crippen LogP contribution in [-0.2, 0) is 0 Å². The van der Waals surface area contributed by atoms with Crippen molar-refractivity contribution in [1.29, 1.82) is 0 Å². The summed E-state index contributed by atoms with van der Waals surface area (Å²) in [6.45, 7) is 3.40. The van der Waals surface area contributed by atoms with Crippen molar-refractivity contribution in [2.24, 2.45) is 5.10 Å². The van der Waals surface area contributed by atoms with E-state index in [1.807, 2.05) is 29.3 Å². The molecule has 0 unspecified atom stereocenters. The molecule has 1 aliphatic heterocycles. The van der Waals surface area contributed by atoms with E-state index in [4.69, 9.17) is 4.74 Å². The van der Waals surface area contributed by atoms with Crippen molar-refractivity contribution < 1.29 is 9.84 Å². The van der Waals surface area contributed by atoms with Crippen LogP contribution in [0.4, 0.5) is 5.69 Å². The number of phenolic OH excluding ortho intramolecular Hbond substituents is 1. The molecule has 1 N–H and O–H groups in total. The molecule has 1 heterocycles. The molecule has 126 valence electrons. The number of ether oxygens (including phenoxy) is 1. The van der Waals surface area contributed by atoms with E-state index in [2.05, 4.69) is 32.0 Å². The Balaban J connectivity index is 1.63. The van der Waals surface area contributed by atoms with E-state index >= 15 is 0 Å². The summed E-state index contributed by atoms with van der Waals surface area (Å²) in [6.07, 6.45) is 1.71. The monoisotopic (exact) mass is 389 g/mol. The van der Waals surface area contributed by atoms with E-state index in [1.54, 1.807) is 25.5 Å². The van der Waals surface area contributed by atoms with E-state index in [9.17, 15) is 5.11 Å². The molecule has 0 amide bonds. The third-order valence-electron chi connectivity index (χ3n) is 4.03. The zero-order valence-electron chi connectivity index (χ0n) is 13.5. The third kappa shape index (κ3) is 3.82. The van der Waals surface area contributed by atoms with Crippen molar-refractivity contribution in [3.63, 3.8) is 0 Å². The average Bonchev–Trinajstić information content (AvgIpc) is 2.63. The maximum Gasteiger partial charge on any atom is 0.142 e. The lowest BCUT2D eigenvalue weighted by molar-refractivity contribution is 0.271. The van der Waals surface area contributed by atoms with Crippen LogP contribution in [0.15, 0.2) is 52.0 Å². The van der Waals surface area contributed by atoms with Gasteiger partial charge < -0.3 is 14.7 Å². The van der Waals surface area contributed by atoms with E-state index in [0.717, 1.165) is 42.1 Å². The molecule has 1 aliphatic rings. The Morgan fingerprint density at radius 3 is 2.62 bits per heavy atom. The normalized spacial score (nSPS) is 15.1. The quantitative estimate of drug-likeness (QED) is 0.814. The highest BCUT2D eigenvalue weighted by Gasteiger charge is 2.18. The largest absolute Gasteiger partial charge is 0.507 e. The number of hydrogen-bond acceptors (Lipinski definition) is 5. The molecular formula is C18H20BrN3O2. The summed E-state index contributed by atoms with van der Waals surface area (Å²) in [4.78, 5) is 2.31. The molecule has 6 heteroatoms. The zero-order chi connectivity index (χ0) is 16.9. The van der Waals surface area contributed by atoms with E-state index < -0.39 is 0 Å². The SMILES string of the molecule is COc1ccccc1N1CCN(/N=C\c2cc(Br)ccc2O)CC1. The fraction of sp³-hybridized carbons (Fsp3) is 0.278. The first-order valence-corrected chi connectivity index (χ1v) is 8.62. The summed E-state index contributed by atoms with van der Waals surface area (Å²) in [5, 5.41) is 16.4. The Labute approximate surface area is 150 Å². The van der Waals surface area contributed by atoms with Gasteiger partial charge in [-0.15, -0.1) is 0 Å². The molecule has 3 rings (SSSR count). The number of nitrogens with zero attached hydrogens (tertiary/aromatic N) is 3. The number of hydrazone groups is 1. The van der Waals surface area contributed by atoms with Gasteiger partial charge in [0, 0.05) is 23.1 Å². The number of piperazine rings is 1. The highest BCUT2D eigenvalue weighted by Crippen LogP contribution is 2.28. The lowest BCUT2D eigenvalue weighted by Gasteiger charge is -2.35. The molecule has 0 aromatic heterocycles. The fourth-order valence-corrected chi connectivity index (χ4v) is 3.09. The van der Waals surface area contributed by atoms with Crippen LogP contribution in [0.25, 0.3) is 0 Å². The van der Waals surface area contributed by atoms with Crippen LogP contribution in [0, 0.1) is 0 Å². The number of hydrogen-bond donors (Lipinski definition) is 1. The highest BCUT2D eigenvalue weighted by molar-refractivity contribution is 9.10.